The van der Waals surface area contributed by atoms with Crippen molar-refractivity contribution < 1.29 is 23.4 Å². The van der Waals surface area contributed by atoms with Crippen LogP contribution in [0.3, 0.4) is 0 Å². The zero-order valence-electron chi connectivity index (χ0n) is 21.9. The van der Waals surface area contributed by atoms with Crippen molar-refractivity contribution in [3.05, 3.63) is 65.4 Å². The van der Waals surface area contributed by atoms with Gasteiger partial charge < -0.3 is 10.0 Å². The number of unbranched alkanes of at least 4 members (excludes halogenated alkanes) is 1. The van der Waals surface area contributed by atoms with Crippen LogP contribution >= 0.6 is 4.75 Å². The Morgan fingerprint density at radius 3 is 2.82 bits per heavy atom. The fourth-order valence-corrected chi connectivity index (χ4v) is 12.9. The average Bonchev–Trinajstić information content (AvgIpc) is 3.60. The second kappa shape index (κ2) is 15.0. The van der Waals surface area contributed by atoms with Gasteiger partial charge in [-0.2, -0.15) is 8.78 Å². The van der Waals surface area contributed by atoms with Crippen molar-refractivity contribution in [1.82, 2.24) is 14.8 Å². The third-order valence-electron chi connectivity index (χ3n) is 7.20. The number of alkyl halides is 2. The van der Waals surface area contributed by atoms with Crippen LogP contribution in [0.25, 0.3) is 10.9 Å². The van der Waals surface area contributed by atoms with Crippen molar-refractivity contribution in [2.75, 3.05) is 39.0 Å². The predicted molar refractivity (Wildman–Crippen MR) is 150 cm³/mol. The number of amides is 1. The first-order valence-corrected chi connectivity index (χ1v) is 20.9. The monoisotopic (exact) mass is 619 g/mol. The third-order valence-corrected chi connectivity index (χ3v) is 15.6. The zero-order valence-corrected chi connectivity index (χ0v) is 26.2. The number of H-pyrrole nitrogens is 1. The summed E-state index contributed by atoms with van der Waals surface area (Å²) < 4.78 is 29.1. The molecule has 10 heteroatoms. The van der Waals surface area contributed by atoms with Crippen LogP contribution in [0.15, 0.2) is 48.7 Å². The standard InChI is InChI=1S/C26H30N3O2.CH2F2O.CH4S.Sr/c30-26-23-8-2-1-7-21(23)19-29(26)14-5-6-16-31-22-9-10-25-24(17-22)20(18-27-25)11-15-28-12-3-4-13-28;2-1(3)4;1-2;/h1-3,7-10,17-18,27H,4-6,11-16,19H2;1,4H;2H,1H3;/q;;;+1/p-1. The second-order valence-electron chi connectivity index (χ2n) is 9.90. The SMILES string of the molecule is C[S][Sr][CH]1CCN(CCc2c[nH]c3ccc(OCCCCN4Cc5ccccc5C4=O)cc23)C1.OC(F)F. The summed E-state index contributed by atoms with van der Waals surface area (Å²) in [6, 6.07) is 14.3. The molecule has 0 bridgehead atoms. The van der Waals surface area contributed by atoms with Crippen LogP contribution in [-0.4, -0.2) is 110 Å². The second-order valence-corrected chi connectivity index (χ2v) is 20.4. The van der Waals surface area contributed by atoms with Gasteiger partial charge in [0.15, 0.2) is 0 Å². The van der Waals surface area contributed by atoms with Gasteiger partial charge in [-0.05, 0) is 18.1 Å². The van der Waals surface area contributed by atoms with E-state index in [2.05, 4.69) is 51.4 Å². The van der Waals surface area contributed by atoms with Gasteiger partial charge in [0.2, 0.25) is 0 Å². The van der Waals surface area contributed by atoms with Crippen LogP contribution in [-0.2, 0) is 13.0 Å². The van der Waals surface area contributed by atoms with Crippen LogP contribution in [0.1, 0.15) is 40.7 Å². The van der Waals surface area contributed by atoms with E-state index in [1.807, 2.05) is 23.1 Å². The Balaban J connectivity index is 0.000000786. The molecule has 1 fully saturated rings. The number of benzene rings is 2. The van der Waals surface area contributed by atoms with Crippen molar-refractivity contribution in [3.63, 3.8) is 0 Å². The largest absolute Gasteiger partial charge is 0.342 e. The van der Waals surface area contributed by atoms with Crippen LogP contribution < -0.4 is 4.74 Å². The van der Waals surface area contributed by atoms with E-state index in [-0.39, 0.29) is 5.91 Å². The predicted octanol–water partition coefficient (Wildman–Crippen LogP) is 5.20. The van der Waals surface area contributed by atoms with Crippen LogP contribution in [0.5, 0.6) is 5.75 Å². The maximum absolute atomic E-state index is 12.5. The normalized spacial score (nSPS) is 17.0. The molecule has 0 radical (unpaired) electrons. The van der Waals surface area contributed by atoms with E-state index in [0.717, 1.165) is 56.7 Å². The van der Waals surface area contributed by atoms with Crippen LogP contribution in [0.4, 0.5) is 8.78 Å². The van der Waals surface area contributed by atoms with E-state index in [1.165, 1.54) is 36.0 Å². The molecule has 2 aliphatic heterocycles. The molecule has 3 heterocycles. The summed E-state index contributed by atoms with van der Waals surface area (Å²) in [5.74, 6) is 1.10. The van der Waals surface area contributed by atoms with Crippen molar-refractivity contribution in [3.8, 4) is 5.75 Å². The number of nitrogens with one attached hydrogen (secondary N) is 1. The average molecular weight is 619 g/mol. The molecule has 6 nitrogen and oxygen atoms in total. The molecular formula is C28H35F2N3O3SSr. The Labute approximate surface area is 246 Å². The van der Waals surface area contributed by atoms with E-state index >= 15 is 0 Å². The number of likely N-dealkylation sites (tertiary alicyclic amines) is 1. The summed E-state index contributed by atoms with van der Waals surface area (Å²) >= 11 is -0.568. The first-order chi connectivity index (χ1) is 18.4. The van der Waals surface area contributed by atoms with Crippen molar-refractivity contribution in [1.29, 1.82) is 0 Å². The molecule has 1 unspecified atom stereocenters. The Morgan fingerprint density at radius 1 is 1.21 bits per heavy atom. The molecule has 3 aromatic rings. The van der Waals surface area contributed by atoms with Gasteiger partial charge in [-0.15, -0.1) is 0 Å². The summed E-state index contributed by atoms with van der Waals surface area (Å²) in [4.78, 5) is 20.5. The fourth-order valence-electron chi connectivity index (χ4n) is 5.31. The molecule has 0 spiro atoms. The first kappa shape index (κ1) is 29.8. The smallest absolute Gasteiger partial charge is 0.339 e. The summed E-state index contributed by atoms with van der Waals surface area (Å²) in [5, 5.41) is 8.01. The number of hydrogen-bond acceptors (Lipinski definition) is 5. The molecule has 1 atom stereocenters. The van der Waals surface area contributed by atoms with Gasteiger partial charge in [0.25, 0.3) is 5.91 Å². The minimum Gasteiger partial charge on any atom is -0.339 e. The minimum absolute atomic E-state index is 0.166. The Morgan fingerprint density at radius 2 is 2.03 bits per heavy atom. The van der Waals surface area contributed by atoms with Crippen LogP contribution in [0.2, 0.25) is 0.889 Å². The number of fused-ring (bicyclic) bond motifs is 2. The first-order valence-electron chi connectivity index (χ1n) is 13.2. The number of aromatic nitrogens is 1. The maximum atomic E-state index is 12.5. The van der Waals surface area contributed by atoms with Crippen molar-refractivity contribution in [2.24, 2.45) is 0 Å². The molecule has 202 valence electrons. The van der Waals surface area contributed by atoms with E-state index in [9.17, 15) is 13.6 Å². The number of nitrogens with zero attached hydrogens (tertiary/aromatic N) is 2. The fraction of sp³-hybridized carbons (Fsp3) is 0.464. The third kappa shape index (κ3) is 8.43. The zero-order chi connectivity index (χ0) is 26.9. The van der Waals surface area contributed by atoms with E-state index in [0.29, 0.717) is 6.61 Å². The quantitative estimate of drug-likeness (QED) is 0.228. The number of ether oxygens (including phenoxy) is 1. The molecule has 5 rings (SSSR count). The van der Waals surface area contributed by atoms with E-state index in [4.69, 9.17) is 9.84 Å². The summed E-state index contributed by atoms with van der Waals surface area (Å²) in [6.07, 6.45) is 8.90. The van der Waals surface area contributed by atoms with Gasteiger partial charge in [-0.1, -0.05) is 18.2 Å². The molecule has 2 aromatic carbocycles. The number of aromatic amines is 1. The van der Waals surface area contributed by atoms with Crippen LogP contribution in [0, 0.1) is 0 Å². The Bertz CT molecular complexity index is 1190. The van der Waals surface area contributed by atoms with Gasteiger partial charge in [-0.3, -0.25) is 4.79 Å². The van der Waals surface area contributed by atoms with E-state index in [1.54, 1.807) is 0 Å². The molecule has 0 aliphatic carbocycles. The molecule has 38 heavy (non-hydrogen) atoms. The minimum atomic E-state index is -3.17. The maximum Gasteiger partial charge on any atom is 0.342 e. The number of carbonyl (C=O) groups excluding carboxylic acids is 1. The van der Waals surface area contributed by atoms with Crippen molar-refractivity contribution >= 4 is 60.5 Å². The molecular weight excluding hydrogens is 584 g/mol. The van der Waals surface area contributed by atoms with Gasteiger partial charge in [0, 0.05) is 18.7 Å². The van der Waals surface area contributed by atoms with Gasteiger partial charge in [0.05, 0.1) is 0 Å². The van der Waals surface area contributed by atoms with Crippen molar-refractivity contribution in [2.45, 2.75) is 39.7 Å². The molecule has 1 aromatic heterocycles. The number of halogens is 2. The number of carbonyl (C=O) groups is 1. The summed E-state index contributed by atoms with van der Waals surface area (Å²) in [5.41, 5.74) is 4.59. The Kier molecular flexibility index (Phi) is 11.8. The van der Waals surface area contributed by atoms with Gasteiger partial charge >= 0.3 is 164 Å². The summed E-state index contributed by atoms with van der Waals surface area (Å²) in [7, 11) is 0. The van der Waals surface area contributed by atoms with Gasteiger partial charge in [-0.25, -0.2) is 0 Å². The number of hydrogen-bond donors (Lipinski definition) is 2. The molecule has 2 N–H and O–H groups in total. The molecule has 1 amide bonds. The number of rotatable bonds is 11. The topological polar surface area (TPSA) is 68.8 Å². The van der Waals surface area contributed by atoms with Gasteiger partial charge in [0.1, 0.15) is 0 Å². The summed E-state index contributed by atoms with van der Waals surface area (Å²) in [6.45, 7) is 2.82. The number of aliphatic hydroxyl groups excluding tert-OH is 1. The number of aliphatic hydroxyl groups is 1. The molecule has 1 saturated heterocycles. The molecule has 0 saturated carbocycles. The Hall–Kier alpha value is -1.14. The van der Waals surface area contributed by atoms with E-state index < -0.39 is 45.6 Å². The molecule has 2 aliphatic rings.